The zero-order valence-electron chi connectivity index (χ0n) is 9.84. The Kier molecular flexibility index (Phi) is 4.45. The van der Waals surface area contributed by atoms with Crippen molar-refractivity contribution in [1.29, 1.82) is 0 Å². The molecule has 0 aliphatic heterocycles. The molecular weight excluding hydrogens is 200 g/mol. The molecule has 0 aliphatic carbocycles. The Balaban J connectivity index is 0.000000606. The van der Waals surface area contributed by atoms with Crippen LogP contribution < -0.4 is 5.56 Å². The zero-order valence-corrected chi connectivity index (χ0v) is 9.84. The van der Waals surface area contributed by atoms with E-state index in [1.54, 1.807) is 12.3 Å². The van der Waals surface area contributed by atoms with Crippen molar-refractivity contribution in [2.75, 3.05) is 0 Å². The molecule has 1 aromatic carbocycles. The van der Waals surface area contributed by atoms with Gasteiger partial charge in [-0.3, -0.25) is 4.79 Å². The largest absolute Gasteiger partial charge is 0.271 e. The molecule has 0 unspecified atom stereocenters. The maximum Gasteiger partial charge on any atom is 0.271 e. The normalized spacial score (nSPS) is 9.19. The summed E-state index contributed by atoms with van der Waals surface area (Å²) in [4.78, 5) is 11.5. The molecule has 0 bridgehead atoms. The van der Waals surface area contributed by atoms with Gasteiger partial charge in [-0.05, 0) is 24.6 Å². The number of nitrogens with zero attached hydrogens (tertiary/aromatic N) is 2. The van der Waals surface area contributed by atoms with Crippen LogP contribution in [0.1, 0.15) is 19.4 Å². The third kappa shape index (κ3) is 2.79. The lowest BCUT2D eigenvalue weighted by Gasteiger charge is -2.02. The first kappa shape index (κ1) is 12.2. The number of para-hydroxylation sites is 1. The van der Waals surface area contributed by atoms with E-state index in [4.69, 9.17) is 0 Å². The quantitative estimate of drug-likeness (QED) is 0.734. The first-order chi connectivity index (χ1) is 7.77. The first-order valence-corrected chi connectivity index (χ1v) is 5.39. The summed E-state index contributed by atoms with van der Waals surface area (Å²) in [5.74, 6) is 0. The zero-order chi connectivity index (χ0) is 12.0. The fourth-order valence-corrected chi connectivity index (χ4v) is 1.26. The Labute approximate surface area is 95.4 Å². The highest BCUT2D eigenvalue weighted by molar-refractivity contribution is 5.29. The van der Waals surface area contributed by atoms with Gasteiger partial charge in [0.1, 0.15) is 0 Å². The van der Waals surface area contributed by atoms with E-state index in [1.807, 2.05) is 51.1 Å². The maximum absolute atomic E-state index is 11.5. The van der Waals surface area contributed by atoms with Gasteiger partial charge in [0.2, 0.25) is 0 Å². The summed E-state index contributed by atoms with van der Waals surface area (Å²) >= 11 is 0. The molecule has 0 amide bonds. The van der Waals surface area contributed by atoms with Gasteiger partial charge in [-0.2, -0.15) is 9.78 Å². The summed E-state index contributed by atoms with van der Waals surface area (Å²) in [7, 11) is 0. The molecule has 0 radical (unpaired) electrons. The average molecular weight is 216 g/mol. The molecule has 16 heavy (non-hydrogen) atoms. The summed E-state index contributed by atoms with van der Waals surface area (Å²) in [5.41, 5.74) is 1.57. The number of aromatic nitrogens is 2. The van der Waals surface area contributed by atoms with Crippen LogP contribution in [0.2, 0.25) is 0 Å². The van der Waals surface area contributed by atoms with Gasteiger partial charge in [0.05, 0.1) is 11.9 Å². The molecule has 2 rings (SSSR count). The second-order valence-electron chi connectivity index (χ2n) is 3.12. The molecule has 0 aliphatic rings. The van der Waals surface area contributed by atoms with Crippen molar-refractivity contribution < 1.29 is 0 Å². The van der Waals surface area contributed by atoms with Crippen molar-refractivity contribution in [2.45, 2.75) is 20.8 Å². The lowest BCUT2D eigenvalue weighted by atomic mass is 10.3. The SMILES string of the molecule is CC.Cc1cnn(-c2ccccc2)c(=O)c1. The van der Waals surface area contributed by atoms with E-state index in [9.17, 15) is 4.79 Å². The van der Waals surface area contributed by atoms with Crippen molar-refractivity contribution in [2.24, 2.45) is 0 Å². The average Bonchev–Trinajstić information content (AvgIpc) is 2.33. The highest BCUT2D eigenvalue weighted by Gasteiger charge is 1.98. The second kappa shape index (κ2) is 5.85. The predicted molar refractivity (Wildman–Crippen MR) is 65.9 cm³/mol. The topological polar surface area (TPSA) is 34.9 Å². The van der Waals surface area contributed by atoms with Crippen LogP contribution in [0.4, 0.5) is 0 Å². The highest BCUT2D eigenvalue weighted by Crippen LogP contribution is 2.01. The summed E-state index contributed by atoms with van der Waals surface area (Å²) in [6.45, 7) is 5.85. The first-order valence-electron chi connectivity index (χ1n) is 5.39. The molecule has 0 atom stereocenters. The molecule has 0 fully saturated rings. The molecule has 1 aromatic heterocycles. The fourth-order valence-electron chi connectivity index (χ4n) is 1.26. The highest BCUT2D eigenvalue weighted by atomic mass is 16.1. The summed E-state index contributed by atoms with van der Waals surface area (Å²) in [6, 6.07) is 10.9. The minimum absolute atomic E-state index is 0.101. The van der Waals surface area contributed by atoms with Gasteiger partial charge in [0.15, 0.2) is 0 Å². The van der Waals surface area contributed by atoms with Crippen LogP contribution in [0.3, 0.4) is 0 Å². The van der Waals surface area contributed by atoms with Crippen LogP contribution in [0.25, 0.3) is 5.69 Å². The van der Waals surface area contributed by atoms with Gasteiger partial charge in [-0.1, -0.05) is 32.0 Å². The van der Waals surface area contributed by atoms with Gasteiger partial charge in [0.25, 0.3) is 5.56 Å². The van der Waals surface area contributed by atoms with Crippen molar-refractivity contribution >= 4 is 0 Å². The van der Waals surface area contributed by atoms with E-state index in [1.165, 1.54) is 4.68 Å². The van der Waals surface area contributed by atoms with Crippen molar-refractivity contribution in [3.05, 3.63) is 58.5 Å². The number of rotatable bonds is 1. The molecule has 0 saturated heterocycles. The molecule has 1 heterocycles. The number of hydrogen-bond acceptors (Lipinski definition) is 2. The van der Waals surface area contributed by atoms with E-state index in [-0.39, 0.29) is 5.56 Å². The Bertz CT molecular complexity index is 489. The third-order valence-electron chi connectivity index (χ3n) is 1.94. The number of hydrogen-bond donors (Lipinski definition) is 0. The lowest BCUT2D eigenvalue weighted by molar-refractivity contribution is 0.800. The Morgan fingerprint density at radius 2 is 1.75 bits per heavy atom. The van der Waals surface area contributed by atoms with E-state index in [2.05, 4.69) is 5.10 Å². The van der Waals surface area contributed by atoms with Crippen LogP contribution in [-0.4, -0.2) is 9.78 Å². The van der Waals surface area contributed by atoms with Crippen molar-refractivity contribution in [1.82, 2.24) is 9.78 Å². The van der Waals surface area contributed by atoms with E-state index >= 15 is 0 Å². The minimum atomic E-state index is -0.101. The standard InChI is InChI=1S/C11H10N2O.C2H6/c1-9-7-11(14)13(12-8-9)10-5-3-2-4-6-10;1-2/h2-8H,1H3;1-2H3. The molecule has 3 nitrogen and oxygen atoms in total. The van der Waals surface area contributed by atoms with Crippen LogP contribution in [-0.2, 0) is 0 Å². The van der Waals surface area contributed by atoms with Crippen LogP contribution >= 0.6 is 0 Å². The van der Waals surface area contributed by atoms with Gasteiger partial charge < -0.3 is 0 Å². The lowest BCUT2D eigenvalue weighted by Crippen LogP contribution is -2.19. The maximum atomic E-state index is 11.5. The third-order valence-corrected chi connectivity index (χ3v) is 1.94. The Morgan fingerprint density at radius 3 is 2.31 bits per heavy atom. The predicted octanol–water partition coefficient (Wildman–Crippen LogP) is 2.57. The van der Waals surface area contributed by atoms with E-state index < -0.39 is 0 Å². The van der Waals surface area contributed by atoms with E-state index in [0.29, 0.717) is 0 Å². The molecule has 0 N–H and O–H groups in total. The van der Waals surface area contributed by atoms with Crippen LogP contribution in [0.5, 0.6) is 0 Å². The minimum Gasteiger partial charge on any atom is -0.267 e. The van der Waals surface area contributed by atoms with Gasteiger partial charge >= 0.3 is 0 Å². The van der Waals surface area contributed by atoms with Crippen LogP contribution in [0, 0.1) is 6.92 Å². The fraction of sp³-hybridized carbons (Fsp3) is 0.231. The summed E-state index contributed by atoms with van der Waals surface area (Å²) < 4.78 is 1.38. The Morgan fingerprint density at radius 1 is 1.12 bits per heavy atom. The van der Waals surface area contributed by atoms with Gasteiger partial charge in [0, 0.05) is 6.07 Å². The molecule has 0 spiro atoms. The smallest absolute Gasteiger partial charge is 0.267 e. The molecule has 2 aromatic rings. The van der Waals surface area contributed by atoms with E-state index in [0.717, 1.165) is 11.3 Å². The Hall–Kier alpha value is -1.90. The van der Waals surface area contributed by atoms with Crippen molar-refractivity contribution in [3.8, 4) is 5.69 Å². The summed E-state index contributed by atoms with van der Waals surface area (Å²) in [5, 5.41) is 4.05. The van der Waals surface area contributed by atoms with Crippen molar-refractivity contribution in [3.63, 3.8) is 0 Å². The number of aryl methyl sites for hydroxylation is 1. The van der Waals surface area contributed by atoms with Gasteiger partial charge in [-0.15, -0.1) is 0 Å². The van der Waals surface area contributed by atoms with Crippen LogP contribution in [0.15, 0.2) is 47.4 Å². The molecule has 84 valence electrons. The number of benzene rings is 1. The molecule has 0 saturated carbocycles. The van der Waals surface area contributed by atoms with Gasteiger partial charge in [-0.25, -0.2) is 0 Å². The molecular formula is C13H16N2O. The summed E-state index contributed by atoms with van der Waals surface area (Å²) in [6.07, 6.45) is 1.67. The molecule has 3 heteroatoms. The second-order valence-corrected chi connectivity index (χ2v) is 3.12. The monoisotopic (exact) mass is 216 g/mol.